The van der Waals surface area contributed by atoms with E-state index in [0.717, 1.165) is 31.9 Å². The van der Waals surface area contributed by atoms with E-state index in [1.54, 1.807) is 0 Å². The van der Waals surface area contributed by atoms with Gasteiger partial charge in [0.15, 0.2) is 5.82 Å². The Balaban J connectivity index is 1.90. The number of nitrogens with zero attached hydrogens (tertiary/aromatic N) is 5. The van der Waals surface area contributed by atoms with E-state index in [1.165, 1.54) is 0 Å². The van der Waals surface area contributed by atoms with Crippen LogP contribution in [-0.4, -0.2) is 59.7 Å². The van der Waals surface area contributed by atoms with Gasteiger partial charge in [-0.05, 0) is 20.0 Å². The predicted molar refractivity (Wildman–Crippen MR) is 75.0 cm³/mol. The molecule has 110 valence electrons. The lowest BCUT2D eigenvalue weighted by molar-refractivity contribution is 0.113. The first-order valence-electron chi connectivity index (χ1n) is 7.15. The number of piperazine rings is 1. The van der Waals surface area contributed by atoms with E-state index in [-0.39, 0.29) is 5.92 Å². The van der Waals surface area contributed by atoms with E-state index in [2.05, 4.69) is 40.1 Å². The molecule has 2 rings (SSSR count). The summed E-state index contributed by atoms with van der Waals surface area (Å²) in [7, 11) is 4.29. The van der Waals surface area contributed by atoms with E-state index >= 15 is 0 Å². The van der Waals surface area contributed by atoms with E-state index in [4.69, 9.17) is 9.78 Å². The second kappa shape index (κ2) is 6.82. The summed E-state index contributed by atoms with van der Waals surface area (Å²) in [6, 6.07) is 2.61. The zero-order valence-electron chi connectivity index (χ0n) is 12.5. The summed E-state index contributed by atoms with van der Waals surface area (Å²) in [5.41, 5.74) is 0. The minimum atomic E-state index is 0.261. The molecule has 1 aromatic heterocycles. The smallest absolute Gasteiger partial charge is 0.226 e. The Hall–Kier alpha value is -1.45. The molecule has 0 saturated carbocycles. The summed E-state index contributed by atoms with van der Waals surface area (Å²) in [6.45, 7) is 5.24. The van der Waals surface area contributed by atoms with Crippen molar-refractivity contribution in [2.75, 3.05) is 33.7 Å². The van der Waals surface area contributed by atoms with Crippen molar-refractivity contribution in [1.82, 2.24) is 19.9 Å². The van der Waals surface area contributed by atoms with Gasteiger partial charge >= 0.3 is 0 Å². The average molecular weight is 277 g/mol. The second-order valence-corrected chi connectivity index (χ2v) is 5.88. The van der Waals surface area contributed by atoms with Gasteiger partial charge in [0.2, 0.25) is 5.89 Å². The zero-order chi connectivity index (χ0) is 14.5. The largest absolute Gasteiger partial charge is 0.339 e. The van der Waals surface area contributed by atoms with Crippen LogP contribution in [0, 0.1) is 17.2 Å². The molecule has 1 aliphatic rings. The Morgan fingerprint density at radius 1 is 1.45 bits per heavy atom. The third-order valence-electron chi connectivity index (χ3n) is 3.87. The van der Waals surface area contributed by atoms with Crippen LogP contribution in [0.1, 0.15) is 25.1 Å². The van der Waals surface area contributed by atoms with Crippen molar-refractivity contribution < 1.29 is 4.52 Å². The molecule has 6 heteroatoms. The summed E-state index contributed by atoms with van der Waals surface area (Å²) >= 11 is 0. The van der Waals surface area contributed by atoms with Crippen LogP contribution in [0.5, 0.6) is 0 Å². The molecule has 1 saturated heterocycles. The fourth-order valence-electron chi connectivity index (χ4n) is 2.51. The molecular weight excluding hydrogens is 254 g/mol. The second-order valence-electron chi connectivity index (χ2n) is 5.88. The minimum Gasteiger partial charge on any atom is -0.339 e. The molecule has 0 bridgehead atoms. The lowest BCUT2D eigenvalue weighted by Crippen LogP contribution is -2.50. The number of nitriles is 1. The van der Waals surface area contributed by atoms with E-state index in [0.29, 0.717) is 24.8 Å². The number of aromatic nitrogens is 2. The average Bonchev–Trinajstić information content (AvgIpc) is 2.81. The maximum atomic E-state index is 8.66. The van der Waals surface area contributed by atoms with Crippen LogP contribution in [0.3, 0.4) is 0 Å². The van der Waals surface area contributed by atoms with Crippen molar-refractivity contribution in [3.8, 4) is 6.07 Å². The van der Waals surface area contributed by atoms with Gasteiger partial charge in [-0.15, -0.1) is 0 Å². The van der Waals surface area contributed by atoms with Crippen LogP contribution in [0.15, 0.2) is 4.52 Å². The van der Waals surface area contributed by atoms with Crippen molar-refractivity contribution in [2.45, 2.75) is 32.2 Å². The highest BCUT2D eigenvalue weighted by Crippen LogP contribution is 2.13. The van der Waals surface area contributed by atoms with Crippen molar-refractivity contribution in [2.24, 2.45) is 5.92 Å². The molecule has 2 atom stereocenters. The molecule has 2 unspecified atom stereocenters. The highest BCUT2D eigenvalue weighted by molar-refractivity contribution is 4.94. The van der Waals surface area contributed by atoms with E-state index in [1.807, 2.05) is 6.92 Å². The molecule has 1 aromatic rings. The summed E-state index contributed by atoms with van der Waals surface area (Å²) in [6.07, 6.45) is 2.02. The molecule has 0 aromatic carbocycles. The third-order valence-corrected chi connectivity index (χ3v) is 3.87. The summed E-state index contributed by atoms with van der Waals surface area (Å²) in [5, 5.41) is 12.7. The van der Waals surface area contributed by atoms with Gasteiger partial charge in [0.05, 0.1) is 6.07 Å². The normalized spacial score (nSPS) is 22.6. The van der Waals surface area contributed by atoms with Crippen LogP contribution in [-0.2, 0) is 12.8 Å². The quantitative estimate of drug-likeness (QED) is 0.798. The van der Waals surface area contributed by atoms with Crippen LogP contribution < -0.4 is 0 Å². The summed E-state index contributed by atoms with van der Waals surface area (Å²) < 4.78 is 5.28. The van der Waals surface area contributed by atoms with Crippen LogP contribution in [0.2, 0.25) is 0 Å². The van der Waals surface area contributed by atoms with Crippen molar-refractivity contribution in [1.29, 1.82) is 5.26 Å². The van der Waals surface area contributed by atoms with Crippen LogP contribution in [0.4, 0.5) is 0 Å². The topological polar surface area (TPSA) is 69.2 Å². The molecule has 0 radical (unpaired) electrons. The number of hydrogen-bond donors (Lipinski definition) is 0. The first-order valence-corrected chi connectivity index (χ1v) is 7.15. The van der Waals surface area contributed by atoms with Crippen LogP contribution in [0.25, 0.3) is 0 Å². The monoisotopic (exact) mass is 277 g/mol. The molecule has 0 amide bonds. The Bertz CT molecular complexity index is 466. The Kier molecular flexibility index (Phi) is 5.10. The highest BCUT2D eigenvalue weighted by Gasteiger charge is 2.24. The standard InChI is InChI=1S/C14H23N5O/c1-11(4-5-15)8-14-16-13(17-20-14)9-12-10-18(2)6-7-19(12)3/h11-12H,4,6-10H2,1-3H3. The predicted octanol–water partition coefficient (Wildman–Crippen LogP) is 0.950. The Morgan fingerprint density at radius 2 is 2.25 bits per heavy atom. The lowest BCUT2D eigenvalue weighted by Gasteiger charge is -2.37. The molecule has 2 heterocycles. The van der Waals surface area contributed by atoms with Crippen molar-refractivity contribution in [3.63, 3.8) is 0 Å². The van der Waals surface area contributed by atoms with Crippen LogP contribution >= 0.6 is 0 Å². The molecule has 0 aliphatic carbocycles. The van der Waals surface area contributed by atoms with Gasteiger partial charge in [-0.3, -0.25) is 0 Å². The Morgan fingerprint density at radius 3 is 3.00 bits per heavy atom. The fourth-order valence-corrected chi connectivity index (χ4v) is 2.51. The minimum absolute atomic E-state index is 0.261. The SMILES string of the molecule is CC(CC#N)Cc1nc(CC2CN(C)CCN2C)no1. The van der Waals surface area contributed by atoms with Gasteiger partial charge in [-0.1, -0.05) is 12.1 Å². The van der Waals surface area contributed by atoms with Gasteiger partial charge in [0.25, 0.3) is 0 Å². The van der Waals surface area contributed by atoms with E-state index < -0.39 is 0 Å². The van der Waals surface area contributed by atoms with E-state index in [9.17, 15) is 0 Å². The summed E-state index contributed by atoms with van der Waals surface area (Å²) in [4.78, 5) is 9.14. The van der Waals surface area contributed by atoms with Crippen molar-refractivity contribution in [3.05, 3.63) is 11.7 Å². The Labute approximate surface area is 120 Å². The first kappa shape index (κ1) is 14.9. The number of rotatable bonds is 5. The first-order chi connectivity index (χ1) is 9.58. The molecule has 6 nitrogen and oxygen atoms in total. The number of likely N-dealkylation sites (N-methyl/N-ethyl adjacent to an activating group) is 2. The molecule has 1 fully saturated rings. The molecule has 1 aliphatic heterocycles. The maximum Gasteiger partial charge on any atom is 0.226 e. The van der Waals surface area contributed by atoms with Gasteiger partial charge in [-0.2, -0.15) is 10.2 Å². The number of hydrogen-bond acceptors (Lipinski definition) is 6. The van der Waals surface area contributed by atoms with Gasteiger partial charge < -0.3 is 14.3 Å². The summed E-state index contributed by atoms with van der Waals surface area (Å²) in [5.74, 6) is 1.68. The lowest BCUT2D eigenvalue weighted by atomic mass is 10.1. The van der Waals surface area contributed by atoms with Gasteiger partial charge in [0.1, 0.15) is 0 Å². The maximum absolute atomic E-state index is 8.66. The molecule has 20 heavy (non-hydrogen) atoms. The fraction of sp³-hybridized carbons (Fsp3) is 0.786. The van der Waals surface area contributed by atoms with Crippen molar-refractivity contribution >= 4 is 0 Å². The highest BCUT2D eigenvalue weighted by atomic mass is 16.5. The van der Waals surface area contributed by atoms with Gasteiger partial charge in [0, 0.05) is 44.9 Å². The molecular formula is C14H23N5O. The molecule has 0 N–H and O–H groups in total. The molecule has 0 spiro atoms. The zero-order valence-corrected chi connectivity index (χ0v) is 12.5. The van der Waals surface area contributed by atoms with Gasteiger partial charge in [-0.25, -0.2) is 0 Å². The third kappa shape index (κ3) is 4.02.